The van der Waals surface area contributed by atoms with Gasteiger partial charge in [-0.3, -0.25) is 0 Å². The van der Waals surface area contributed by atoms with E-state index >= 15 is 0 Å². The lowest BCUT2D eigenvalue weighted by Gasteiger charge is -2.33. The number of rotatable bonds is 4. The smallest absolute Gasteiger partial charge is 0.252 e. The van der Waals surface area contributed by atoms with Crippen molar-refractivity contribution in [3.05, 3.63) is 11.7 Å². The van der Waals surface area contributed by atoms with E-state index in [4.69, 9.17) is 15.0 Å². The summed E-state index contributed by atoms with van der Waals surface area (Å²) in [6.45, 7) is 6.57. The fraction of sp³-hybridized carbons (Fsp3) is 0.846. The number of nitrogens with zero attached hydrogens (tertiary/aromatic N) is 2. The van der Waals surface area contributed by atoms with Crippen molar-refractivity contribution in [2.45, 2.75) is 64.7 Å². The van der Waals surface area contributed by atoms with E-state index in [1.807, 2.05) is 13.8 Å². The first kappa shape index (κ1) is 13.5. The average molecular weight is 253 g/mol. The summed E-state index contributed by atoms with van der Waals surface area (Å²) in [5, 5.41) is 4.02. The highest BCUT2D eigenvalue weighted by Gasteiger charge is 2.36. The molecule has 1 saturated carbocycles. The molecule has 1 aromatic rings. The van der Waals surface area contributed by atoms with Gasteiger partial charge in [-0.2, -0.15) is 4.98 Å². The second-order valence-corrected chi connectivity index (χ2v) is 5.71. The van der Waals surface area contributed by atoms with Crippen LogP contribution in [-0.4, -0.2) is 16.2 Å². The molecule has 0 aromatic carbocycles. The van der Waals surface area contributed by atoms with Crippen molar-refractivity contribution in [1.82, 2.24) is 10.1 Å². The standard InChI is InChI=1S/C13H23N3O2/c1-9(2)17-8-11-15-12(16-18-11)13(14)6-4-10(3)5-7-13/h9-10H,4-8,14H2,1-3H3. The van der Waals surface area contributed by atoms with Gasteiger partial charge in [0, 0.05) is 0 Å². The molecule has 5 nitrogen and oxygen atoms in total. The molecular formula is C13H23N3O2. The third-order valence-corrected chi connectivity index (χ3v) is 3.62. The number of hydrogen-bond acceptors (Lipinski definition) is 5. The summed E-state index contributed by atoms with van der Waals surface area (Å²) in [4.78, 5) is 4.37. The third-order valence-electron chi connectivity index (χ3n) is 3.62. The van der Waals surface area contributed by atoms with Crippen molar-refractivity contribution in [2.24, 2.45) is 11.7 Å². The Morgan fingerprint density at radius 1 is 1.44 bits per heavy atom. The highest BCUT2D eigenvalue weighted by atomic mass is 16.5. The number of aromatic nitrogens is 2. The first-order valence-electron chi connectivity index (χ1n) is 6.73. The van der Waals surface area contributed by atoms with E-state index in [2.05, 4.69) is 17.1 Å². The van der Waals surface area contributed by atoms with Crippen LogP contribution in [0.2, 0.25) is 0 Å². The van der Waals surface area contributed by atoms with Crippen LogP contribution in [-0.2, 0) is 16.9 Å². The van der Waals surface area contributed by atoms with Crippen LogP contribution in [0.5, 0.6) is 0 Å². The largest absolute Gasteiger partial charge is 0.369 e. The molecule has 5 heteroatoms. The predicted octanol–water partition coefficient (Wildman–Crippen LogP) is 2.36. The maximum Gasteiger partial charge on any atom is 0.252 e. The second-order valence-electron chi connectivity index (χ2n) is 5.71. The minimum atomic E-state index is -0.411. The molecule has 2 N–H and O–H groups in total. The van der Waals surface area contributed by atoms with Gasteiger partial charge >= 0.3 is 0 Å². The van der Waals surface area contributed by atoms with E-state index in [0.717, 1.165) is 31.6 Å². The third kappa shape index (κ3) is 3.09. The summed E-state index contributed by atoms with van der Waals surface area (Å²) < 4.78 is 10.6. The quantitative estimate of drug-likeness (QED) is 0.891. The van der Waals surface area contributed by atoms with E-state index in [0.29, 0.717) is 18.3 Å². The van der Waals surface area contributed by atoms with Crippen molar-refractivity contribution < 1.29 is 9.26 Å². The highest BCUT2D eigenvalue weighted by Crippen LogP contribution is 2.35. The Balaban J connectivity index is 2.00. The molecule has 0 spiro atoms. The average Bonchev–Trinajstić information content (AvgIpc) is 2.80. The van der Waals surface area contributed by atoms with Crippen molar-refractivity contribution in [3.63, 3.8) is 0 Å². The van der Waals surface area contributed by atoms with Crippen LogP contribution >= 0.6 is 0 Å². The summed E-state index contributed by atoms with van der Waals surface area (Å²) in [5.74, 6) is 1.90. The van der Waals surface area contributed by atoms with E-state index in [1.54, 1.807) is 0 Å². The maximum atomic E-state index is 6.39. The summed E-state index contributed by atoms with van der Waals surface area (Å²) >= 11 is 0. The zero-order chi connectivity index (χ0) is 13.2. The van der Waals surface area contributed by atoms with Crippen molar-refractivity contribution >= 4 is 0 Å². The van der Waals surface area contributed by atoms with Crippen molar-refractivity contribution in [3.8, 4) is 0 Å². The van der Waals surface area contributed by atoms with Gasteiger partial charge in [-0.15, -0.1) is 0 Å². The van der Waals surface area contributed by atoms with Crippen LogP contribution in [0.25, 0.3) is 0 Å². The molecule has 0 aliphatic heterocycles. The van der Waals surface area contributed by atoms with Gasteiger partial charge in [0.05, 0.1) is 11.6 Å². The minimum absolute atomic E-state index is 0.155. The molecule has 1 aliphatic carbocycles. The van der Waals surface area contributed by atoms with Gasteiger partial charge in [0.2, 0.25) is 0 Å². The number of nitrogens with two attached hydrogens (primary N) is 1. The summed E-state index contributed by atoms with van der Waals surface area (Å²) in [6, 6.07) is 0. The van der Waals surface area contributed by atoms with E-state index in [1.165, 1.54) is 0 Å². The van der Waals surface area contributed by atoms with Gasteiger partial charge in [-0.25, -0.2) is 0 Å². The van der Waals surface area contributed by atoms with Crippen LogP contribution in [0, 0.1) is 5.92 Å². The Hall–Kier alpha value is -0.940. The van der Waals surface area contributed by atoms with Gasteiger partial charge in [-0.05, 0) is 45.4 Å². The Morgan fingerprint density at radius 2 is 2.11 bits per heavy atom. The zero-order valence-corrected chi connectivity index (χ0v) is 11.5. The fourth-order valence-electron chi connectivity index (χ4n) is 2.25. The van der Waals surface area contributed by atoms with Crippen LogP contribution in [0.15, 0.2) is 4.52 Å². The lowest BCUT2D eigenvalue weighted by atomic mass is 9.77. The molecule has 0 radical (unpaired) electrons. The van der Waals surface area contributed by atoms with Gasteiger partial charge in [0.15, 0.2) is 5.82 Å². The maximum absolute atomic E-state index is 6.39. The molecule has 2 rings (SSSR count). The molecule has 18 heavy (non-hydrogen) atoms. The topological polar surface area (TPSA) is 74.2 Å². The van der Waals surface area contributed by atoms with Gasteiger partial charge in [-0.1, -0.05) is 12.1 Å². The Kier molecular flexibility index (Phi) is 4.02. The molecule has 102 valence electrons. The van der Waals surface area contributed by atoms with Gasteiger partial charge in [0.1, 0.15) is 6.61 Å². The molecule has 0 unspecified atom stereocenters. The summed E-state index contributed by atoms with van der Waals surface area (Å²) in [5.41, 5.74) is 5.98. The van der Waals surface area contributed by atoms with E-state index in [-0.39, 0.29) is 6.10 Å². The molecule has 0 amide bonds. The van der Waals surface area contributed by atoms with Crippen LogP contribution in [0.4, 0.5) is 0 Å². The Bertz CT molecular complexity index is 381. The van der Waals surface area contributed by atoms with Crippen molar-refractivity contribution in [1.29, 1.82) is 0 Å². The van der Waals surface area contributed by atoms with E-state index in [9.17, 15) is 0 Å². The van der Waals surface area contributed by atoms with Crippen LogP contribution < -0.4 is 5.73 Å². The molecular weight excluding hydrogens is 230 g/mol. The highest BCUT2D eigenvalue weighted by molar-refractivity contribution is 5.05. The molecule has 1 aromatic heterocycles. The number of ether oxygens (including phenoxy) is 1. The van der Waals surface area contributed by atoms with Gasteiger partial charge < -0.3 is 15.0 Å². The normalized spacial score (nSPS) is 28.8. The summed E-state index contributed by atoms with van der Waals surface area (Å²) in [7, 11) is 0. The minimum Gasteiger partial charge on any atom is -0.369 e. The summed E-state index contributed by atoms with van der Waals surface area (Å²) in [6.07, 6.45) is 4.27. The Labute approximate surface area is 108 Å². The van der Waals surface area contributed by atoms with Crippen molar-refractivity contribution in [2.75, 3.05) is 0 Å². The predicted molar refractivity (Wildman–Crippen MR) is 67.7 cm³/mol. The van der Waals surface area contributed by atoms with Crippen LogP contribution in [0.1, 0.15) is 58.2 Å². The second kappa shape index (κ2) is 5.36. The van der Waals surface area contributed by atoms with Gasteiger partial charge in [0.25, 0.3) is 5.89 Å². The Morgan fingerprint density at radius 3 is 2.72 bits per heavy atom. The number of hydrogen-bond donors (Lipinski definition) is 1. The fourth-order valence-corrected chi connectivity index (χ4v) is 2.25. The lowest BCUT2D eigenvalue weighted by molar-refractivity contribution is 0.0485. The molecule has 0 saturated heterocycles. The molecule has 0 bridgehead atoms. The monoisotopic (exact) mass is 253 g/mol. The first-order valence-corrected chi connectivity index (χ1v) is 6.73. The molecule has 1 heterocycles. The SMILES string of the molecule is CC1CCC(N)(c2noc(COC(C)C)n2)CC1. The van der Waals surface area contributed by atoms with Crippen LogP contribution in [0.3, 0.4) is 0 Å². The lowest BCUT2D eigenvalue weighted by Crippen LogP contribution is -2.41. The zero-order valence-electron chi connectivity index (χ0n) is 11.5. The molecule has 0 atom stereocenters. The first-order chi connectivity index (χ1) is 8.49. The molecule has 1 fully saturated rings. The molecule has 1 aliphatic rings. The van der Waals surface area contributed by atoms with E-state index < -0.39 is 5.54 Å².